The zero-order chi connectivity index (χ0) is 25.1. The standard InChI is InChI=1S/C25H23F4N3O3/c1-12-9-34-11-21(16-5-4-15(8-19(16)26)25(27,28)29)32(12)24(33)14-3-6-20-17(7-14)18-10-35-13(2)22(18)23(30)31-20/h3-8,12-13,21H,9-11H2,1-2H3,(H2,30,31)/t12-,13+,21-/m0/s1. The molecule has 5 rings (SSSR count). The Balaban J connectivity index is 1.55. The summed E-state index contributed by atoms with van der Waals surface area (Å²) < 4.78 is 65.2. The number of amides is 1. The molecule has 1 amide bonds. The third kappa shape index (κ3) is 4.00. The molecule has 2 N–H and O–H groups in total. The highest BCUT2D eigenvalue weighted by molar-refractivity contribution is 5.99. The maximum Gasteiger partial charge on any atom is 0.416 e. The van der Waals surface area contributed by atoms with Gasteiger partial charge in [0, 0.05) is 22.1 Å². The van der Waals surface area contributed by atoms with Gasteiger partial charge >= 0.3 is 6.18 Å². The minimum atomic E-state index is -4.67. The van der Waals surface area contributed by atoms with E-state index in [0.717, 1.165) is 28.6 Å². The molecule has 1 fully saturated rings. The first-order valence-electron chi connectivity index (χ1n) is 11.2. The first-order chi connectivity index (χ1) is 16.6. The molecule has 2 aliphatic heterocycles. The Morgan fingerprint density at radius 3 is 2.63 bits per heavy atom. The number of ether oxygens (including phenoxy) is 2. The van der Waals surface area contributed by atoms with Gasteiger partial charge in [-0.2, -0.15) is 13.2 Å². The van der Waals surface area contributed by atoms with Crippen molar-refractivity contribution in [2.75, 3.05) is 18.9 Å². The van der Waals surface area contributed by atoms with Crippen LogP contribution in [-0.2, 0) is 22.3 Å². The summed E-state index contributed by atoms with van der Waals surface area (Å²) in [6, 6.07) is 6.05. The Hall–Kier alpha value is -3.24. The fraction of sp³-hybridized carbons (Fsp3) is 0.360. The molecule has 6 nitrogen and oxygen atoms in total. The van der Waals surface area contributed by atoms with Gasteiger partial charge in [0.25, 0.3) is 5.91 Å². The number of morpholine rings is 1. The van der Waals surface area contributed by atoms with E-state index in [1.807, 2.05) is 6.92 Å². The Bertz CT molecular complexity index is 1330. The Morgan fingerprint density at radius 2 is 1.91 bits per heavy atom. The molecule has 10 heteroatoms. The normalized spacial score (nSPS) is 22.5. The van der Waals surface area contributed by atoms with Gasteiger partial charge in [-0.1, -0.05) is 6.07 Å². The molecule has 0 aliphatic carbocycles. The lowest BCUT2D eigenvalue weighted by atomic mass is 9.97. The first kappa shape index (κ1) is 23.5. The number of carbonyl (C=O) groups excluding carboxylic acids is 1. The van der Waals surface area contributed by atoms with Gasteiger partial charge in [-0.15, -0.1) is 0 Å². The molecule has 2 aromatic carbocycles. The predicted octanol–water partition coefficient (Wildman–Crippen LogP) is 5.17. The SMILES string of the molecule is C[C@H]1OCc2c1c(N)nc1ccc(C(=O)N3[C@@H](C)COC[C@H]3c3ccc(C(F)(F)F)cc3F)cc21. The van der Waals surface area contributed by atoms with E-state index in [4.69, 9.17) is 15.2 Å². The van der Waals surface area contributed by atoms with E-state index in [9.17, 15) is 22.4 Å². The largest absolute Gasteiger partial charge is 0.416 e. The third-order valence-electron chi connectivity index (χ3n) is 6.66. The van der Waals surface area contributed by atoms with Crippen LogP contribution < -0.4 is 5.73 Å². The van der Waals surface area contributed by atoms with Crippen LogP contribution in [0.4, 0.5) is 23.4 Å². The maximum absolute atomic E-state index is 14.8. The molecule has 2 aliphatic rings. The molecule has 0 unspecified atom stereocenters. The van der Waals surface area contributed by atoms with Crippen molar-refractivity contribution in [1.29, 1.82) is 0 Å². The number of pyridine rings is 1. The Morgan fingerprint density at radius 1 is 1.14 bits per heavy atom. The Kier molecular flexibility index (Phi) is 5.68. The number of benzene rings is 2. The van der Waals surface area contributed by atoms with Crippen molar-refractivity contribution in [3.63, 3.8) is 0 Å². The lowest BCUT2D eigenvalue weighted by molar-refractivity contribution is -0.137. The third-order valence-corrected chi connectivity index (χ3v) is 6.66. The number of hydrogen-bond acceptors (Lipinski definition) is 5. The molecule has 0 saturated carbocycles. The number of carbonyl (C=O) groups is 1. The molecule has 0 spiro atoms. The second-order valence-electron chi connectivity index (χ2n) is 8.92. The van der Waals surface area contributed by atoms with Gasteiger partial charge in [-0.05, 0) is 49.7 Å². The summed E-state index contributed by atoms with van der Waals surface area (Å²) in [5.41, 5.74) is 7.62. The number of nitrogen functional groups attached to an aromatic ring is 1. The smallest absolute Gasteiger partial charge is 0.383 e. The van der Waals surface area contributed by atoms with Gasteiger partial charge in [0.15, 0.2) is 0 Å². The summed E-state index contributed by atoms with van der Waals surface area (Å²) in [4.78, 5) is 19.6. The monoisotopic (exact) mass is 489 g/mol. The van der Waals surface area contributed by atoms with Crippen LogP contribution in [0.1, 0.15) is 58.6 Å². The molecule has 1 aromatic heterocycles. The van der Waals surface area contributed by atoms with E-state index >= 15 is 0 Å². The highest BCUT2D eigenvalue weighted by Crippen LogP contribution is 2.39. The summed E-state index contributed by atoms with van der Waals surface area (Å²) in [7, 11) is 0. The predicted molar refractivity (Wildman–Crippen MR) is 120 cm³/mol. The van der Waals surface area contributed by atoms with Crippen LogP contribution in [-0.4, -0.2) is 35.0 Å². The lowest BCUT2D eigenvalue weighted by Gasteiger charge is -2.41. The fourth-order valence-corrected chi connectivity index (χ4v) is 4.92. The summed E-state index contributed by atoms with van der Waals surface area (Å²) in [6.07, 6.45) is -4.89. The number of fused-ring (bicyclic) bond motifs is 3. The summed E-state index contributed by atoms with van der Waals surface area (Å²) >= 11 is 0. The van der Waals surface area contributed by atoms with Crippen LogP contribution in [0, 0.1) is 5.82 Å². The van der Waals surface area contributed by atoms with Crippen LogP contribution in [0.3, 0.4) is 0 Å². The molecule has 0 radical (unpaired) electrons. The van der Waals surface area contributed by atoms with Crippen molar-refractivity contribution < 1.29 is 31.8 Å². The molecule has 3 atom stereocenters. The molecule has 184 valence electrons. The van der Waals surface area contributed by atoms with Crippen LogP contribution in [0.15, 0.2) is 36.4 Å². The highest BCUT2D eigenvalue weighted by atomic mass is 19.4. The van der Waals surface area contributed by atoms with Crippen molar-refractivity contribution in [2.45, 2.75) is 44.8 Å². The number of anilines is 1. The van der Waals surface area contributed by atoms with Gasteiger partial charge in [0.05, 0.1) is 49.1 Å². The number of nitrogens with zero attached hydrogens (tertiary/aromatic N) is 2. The van der Waals surface area contributed by atoms with E-state index < -0.39 is 29.6 Å². The second kappa shape index (κ2) is 8.46. The van der Waals surface area contributed by atoms with Gasteiger partial charge in [0.1, 0.15) is 11.6 Å². The zero-order valence-electron chi connectivity index (χ0n) is 19.0. The van der Waals surface area contributed by atoms with E-state index in [0.29, 0.717) is 29.6 Å². The van der Waals surface area contributed by atoms with Gasteiger partial charge in [-0.3, -0.25) is 4.79 Å². The first-order valence-corrected chi connectivity index (χ1v) is 11.2. The highest BCUT2D eigenvalue weighted by Gasteiger charge is 2.37. The van der Waals surface area contributed by atoms with E-state index in [2.05, 4.69) is 4.98 Å². The van der Waals surface area contributed by atoms with E-state index in [-0.39, 0.29) is 30.8 Å². The number of alkyl halides is 3. The number of halogens is 4. The van der Waals surface area contributed by atoms with Crippen molar-refractivity contribution in [3.8, 4) is 0 Å². The summed E-state index contributed by atoms with van der Waals surface area (Å²) in [5, 5.41) is 0.738. The summed E-state index contributed by atoms with van der Waals surface area (Å²) in [6.45, 7) is 4.15. The van der Waals surface area contributed by atoms with Crippen LogP contribution in [0.2, 0.25) is 0 Å². The fourth-order valence-electron chi connectivity index (χ4n) is 4.92. The number of rotatable bonds is 2. The van der Waals surface area contributed by atoms with Crippen LogP contribution >= 0.6 is 0 Å². The molecule has 3 aromatic rings. The number of aromatic nitrogens is 1. The lowest BCUT2D eigenvalue weighted by Crippen LogP contribution is -2.49. The van der Waals surface area contributed by atoms with Crippen molar-refractivity contribution in [2.24, 2.45) is 0 Å². The van der Waals surface area contributed by atoms with Crippen LogP contribution in [0.5, 0.6) is 0 Å². The van der Waals surface area contributed by atoms with E-state index in [1.165, 1.54) is 4.90 Å². The van der Waals surface area contributed by atoms with E-state index in [1.54, 1.807) is 25.1 Å². The minimum Gasteiger partial charge on any atom is -0.383 e. The molecule has 0 bridgehead atoms. The van der Waals surface area contributed by atoms with Crippen LogP contribution in [0.25, 0.3) is 10.9 Å². The zero-order valence-corrected chi connectivity index (χ0v) is 19.0. The average molecular weight is 489 g/mol. The van der Waals surface area contributed by atoms with Gasteiger partial charge in [0.2, 0.25) is 0 Å². The molecular weight excluding hydrogens is 466 g/mol. The second-order valence-corrected chi connectivity index (χ2v) is 8.92. The Labute approximate surface area is 198 Å². The molecule has 35 heavy (non-hydrogen) atoms. The molecular formula is C25H23F4N3O3. The quantitative estimate of drug-likeness (QED) is 0.503. The number of hydrogen-bond donors (Lipinski definition) is 1. The van der Waals surface area contributed by atoms with Crippen molar-refractivity contribution >= 4 is 22.6 Å². The van der Waals surface area contributed by atoms with Crippen molar-refractivity contribution in [1.82, 2.24) is 9.88 Å². The summed E-state index contributed by atoms with van der Waals surface area (Å²) in [5.74, 6) is -1.04. The minimum absolute atomic E-state index is 0.0313. The topological polar surface area (TPSA) is 77.7 Å². The maximum atomic E-state index is 14.8. The molecule has 1 saturated heterocycles. The van der Waals surface area contributed by atoms with Gasteiger partial charge in [-0.25, -0.2) is 9.37 Å². The van der Waals surface area contributed by atoms with Crippen molar-refractivity contribution in [3.05, 3.63) is 70.0 Å². The average Bonchev–Trinajstić information content (AvgIpc) is 3.20. The van der Waals surface area contributed by atoms with Gasteiger partial charge < -0.3 is 20.1 Å². The number of nitrogens with two attached hydrogens (primary N) is 1. The molecule has 3 heterocycles.